The van der Waals surface area contributed by atoms with Gasteiger partial charge >= 0.3 is 6.03 Å². The van der Waals surface area contributed by atoms with E-state index in [4.69, 9.17) is 0 Å². The SMILES string of the molecule is Cc1nc(CCNC(=O)N2CCCC(c3nncn3C)C2)cs1. The van der Waals surface area contributed by atoms with Gasteiger partial charge in [-0.1, -0.05) is 0 Å². The van der Waals surface area contributed by atoms with Gasteiger partial charge in [0.05, 0.1) is 10.7 Å². The van der Waals surface area contributed by atoms with Crippen LogP contribution in [0.2, 0.25) is 0 Å². The molecule has 23 heavy (non-hydrogen) atoms. The molecule has 2 aromatic heterocycles. The molecular formula is C15H22N6OS. The van der Waals surface area contributed by atoms with Gasteiger partial charge in [-0.3, -0.25) is 0 Å². The minimum atomic E-state index is 0.00354. The van der Waals surface area contributed by atoms with Crippen LogP contribution in [0.5, 0.6) is 0 Å². The van der Waals surface area contributed by atoms with E-state index < -0.39 is 0 Å². The van der Waals surface area contributed by atoms with E-state index >= 15 is 0 Å². The number of nitrogens with zero attached hydrogens (tertiary/aromatic N) is 5. The van der Waals surface area contributed by atoms with Gasteiger partial charge in [-0.15, -0.1) is 21.5 Å². The van der Waals surface area contributed by atoms with Gasteiger partial charge in [0.1, 0.15) is 12.2 Å². The summed E-state index contributed by atoms with van der Waals surface area (Å²) in [7, 11) is 1.95. The number of thiazole rings is 1. The third kappa shape index (κ3) is 3.87. The Balaban J connectivity index is 1.50. The molecule has 0 spiro atoms. The van der Waals surface area contributed by atoms with Crippen LogP contribution in [-0.2, 0) is 13.5 Å². The summed E-state index contributed by atoms with van der Waals surface area (Å²) in [5.41, 5.74) is 1.04. The van der Waals surface area contributed by atoms with Gasteiger partial charge in [0.15, 0.2) is 0 Å². The second-order valence-corrected chi connectivity index (χ2v) is 6.99. The van der Waals surface area contributed by atoms with Gasteiger partial charge in [-0.25, -0.2) is 9.78 Å². The van der Waals surface area contributed by atoms with E-state index in [1.807, 2.05) is 28.8 Å². The van der Waals surface area contributed by atoms with Crippen molar-refractivity contribution in [1.82, 2.24) is 30.0 Å². The lowest BCUT2D eigenvalue weighted by Crippen LogP contribution is -2.45. The predicted molar refractivity (Wildman–Crippen MR) is 88.5 cm³/mol. The van der Waals surface area contributed by atoms with Crippen molar-refractivity contribution in [2.45, 2.75) is 32.1 Å². The molecule has 1 saturated heterocycles. The highest BCUT2D eigenvalue weighted by atomic mass is 32.1. The molecule has 0 aliphatic carbocycles. The van der Waals surface area contributed by atoms with Crippen molar-refractivity contribution in [3.63, 3.8) is 0 Å². The normalized spacial score (nSPS) is 18.2. The number of carbonyl (C=O) groups excluding carboxylic acids is 1. The number of carbonyl (C=O) groups is 1. The quantitative estimate of drug-likeness (QED) is 0.923. The van der Waals surface area contributed by atoms with Crippen LogP contribution in [0, 0.1) is 6.92 Å². The molecule has 1 aliphatic heterocycles. The highest BCUT2D eigenvalue weighted by Gasteiger charge is 2.27. The first-order valence-electron chi connectivity index (χ1n) is 7.91. The van der Waals surface area contributed by atoms with E-state index in [2.05, 4.69) is 20.5 Å². The van der Waals surface area contributed by atoms with Crippen molar-refractivity contribution in [2.75, 3.05) is 19.6 Å². The fourth-order valence-corrected chi connectivity index (χ4v) is 3.61. The smallest absolute Gasteiger partial charge is 0.317 e. The van der Waals surface area contributed by atoms with Crippen molar-refractivity contribution < 1.29 is 4.79 Å². The predicted octanol–water partition coefficient (Wildman–Crippen LogP) is 1.71. The molecule has 7 nitrogen and oxygen atoms in total. The Labute approximate surface area is 139 Å². The molecule has 3 heterocycles. The monoisotopic (exact) mass is 334 g/mol. The number of nitrogens with one attached hydrogen (secondary N) is 1. The summed E-state index contributed by atoms with van der Waals surface area (Å²) in [4.78, 5) is 18.6. The van der Waals surface area contributed by atoms with Crippen LogP contribution >= 0.6 is 11.3 Å². The van der Waals surface area contributed by atoms with E-state index in [1.165, 1.54) is 0 Å². The molecular weight excluding hydrogens is 312 g/mol. The van der Waals surface area contributed by atoms with E-state index in [0.717, 1.165) is 42.3 Å². The zero-order valence-electron chi connectivity index (χ0n) is 13.5. The number of aromatic nitrogens is 4. The van der Waals surface area contributed by atoms with E-state index in [-0.39, 0.29) is 11.9 Å². The van der Waals surface area contributed by atoms with E-state index in [9.17, 15) is 4.79 Å². The minimum Gasteiger partial charge on any atom is -0.338 e. The van der Waals surface area contributed by atoms with Crippen LogP contribution in [-0.4, -0.2) is 50.3 Å². The molecule has 1 atom stereocenters. The zero-order chi connectivity index (χ0) is 16.2. The summed E-state index contributed by atoms with van der Waals surface area (Å²) in [5.74, 6) is 1.23. The largest absolute Gasteiger partial charge is 0.338 e. The number of urea groups is 1. The topological polar surface area (TPSA) is 75.9 Å². The molecule has 2 aromatic rings. The molecule has 0 saturated carbocycles. The number of rotatable bonds is 4. The van der Waals surface area contributed by atoms with Crippen LogP contribution in [0.15, 0.2) is 11.7 Å². The number of aryl methyl sites for hydroxylation is 2. The lowest BCUT2D eigenvalue weighted by molar-refractivity contribution is 0.178. The zero-order valence-corrected chi connectivity index (χ0v) is 14.3. The highest BCUT2D eigenvalue weighted by Crippen LogP contribution is 2.24. The first kappa shape index (κ1) is 15.9. The molecule has 1 unspecified atom stereocenters. The second-order valence-electron chi connectivity index (χ2n) is 5.93. The summed E-state index contributed by atoms with van der Waals surface area (Å²) >= 11 is 1.64. The van der Waals surface area contributed by atoms with Crippen molar-refractivity contribution in [3.8, 4) is 0 Å². The van der Waals surface area contributed by atoms with Crippen LogP contribution in [0.1, 0.15) is 35.3 Å². The fourth-order valence-electron chi connectivity index (χ4n) is 2.97. The van der Waals surface area contributed by atoms with Crippen LogP contribution in [0.3, 0.4) is 0 Å². The number of amides is 2. The highest BCUT2D eigenvalue weighted by molar-refractivity contribution is 7.09. The molecule has 0 bridgehead atoms. The van der Waals surface area contributed by atoms with Gasteiger partial charge in [0.25, 0.3) is 0 Å². The van der Waals surface area contributed by atoms with E-state index in [1.54, 1.807) is 17.7 Å². The average Bonchev–Trinajstić information content (AvgIpc) is 3.16. The summed E-state index contributed by atoms with van der Waals surface area (Å²) in [6.45, 7) is 4.12. The molecule has 1 aliphatic rings. The maximum absolute atomic E-state index is 12.3. The Morgan fingerprint density at radius 1 is 1.52 bits per heavy atom. The van der Waals surface area contributed by atoms with E-state index in [0.29, 0.717) is 13.1 Å². The van der Waals surface area contributed by atoms with Gasteiger partial charge in [0, 0.05) is 44.4 Å². The molecule has 124 valence electrons. The molecule has 1 N–H and O–H groups in total. The Morgan fingerprint density at radius 3 is 3.09 bits per heavy atom. The van der Waals surface area contributed by atoms with Gasteiger partial charge in [-0.05, 0) is 19.8 Å². The van der Waals surface area contributed by atoms with Crippen molar-refractivity contribution in [3.05, 3.63) is 28.2 Å². The fraction of sp³-hybridized carbons (Fsp3) is 0.600. The lowest BCUT2D eigenvalue weighted by atomic mass is 9.97. The first-order valence-corrected chi connectivity index (χ1v) is 8.79. The maximum Gasteiger partial charge on any atom is 0.317 e. The first-order chi connectivity index (χ1) is 11.1. The van der Waals surface area contributed by atoms with Crippen molar-refractivity contribution in [1.29, 1.82) is 0 Å². The summed E-state index contributed by atoms with van der Waals surface area (Å²) in [5, 5.41) is 14.2. The minimum absolute atomic E-state index is 0.00354. The van der Waals surface area contributed by atoms with Gasteiger partial charge in [0.2, 0.25) is 0 Å². The van der Waals surface area contributed by atoms with Crippen molar-refractivity contribution >= 4 is 17.4 Å². The van der Waals surface area contributed by atoms with Crippen LogP contribution in [0.25, 0.3) is 0 Å². The lowest BCUT2D eigenvalue weighted by Gasteiger charge is -2.32. The Kier molecular flexibility index (Phi) is 4.90. The Bertz CT molecular complexity index is 666. The van der Waals surface area contributed by atoms with Crippen LogP contribution < -0.4 is 5.32 Å². The summed E-state index contributed by atoms with van der Waals surface area (Å²) in [6.07, 6.45) is 4.53. The number of piperidine rings is 1. The molecule has 0 radical (unpaired) electrons. The van der Waals surface area contributed by atoms with Crippen LogP contribution in [0.4, 0.5) is 4.79 Å². The average molecular weight is 334 g/mol. The second kappa shape index (κ2) is 7.08. The molecule has 2 amide bonds. The van der Waals surface area contributed by atoms with Gasteiger partial charge < -0.3 is 14.8 Å². The standard InChI is InChI=1S/C15H22N6OS/c1-11-18-13(9-23-11)5-6-16-15(22)21-7-3-4-12(8-21)14-19-17-10-20(14)2/h9-10,12H,3-8H2,1-2H3,(H,16,22). The summed E-state index contributed by atoms with van der Waals surface area (Å²) < 4.78 is 1.94. The third-order valence-corrected chi connectivity index (χ3v) is 4.97. The van der Waals surface area contributed by atoms with Crippen molar-refractivity contribution in [2.24, 2.45) is 7.05 Å². The molecule has 1 fully saturated rings. The number of hydrogen-bond acceptors (Lipinski definition) is 5. The molecule has 0 aromatic carbocycles. The maximum atomic E-state index is 12.3. The third-order valence-electron chi connectivity index (χ3n) is 4.14. The van der Waals surface area contributed by atoms with Gasteiger partial charge in [-0.2, -0.15) is 0 Å². The molecule has 8 heteroatoms. The summed E-state index contributed by atoms with van der Waals surface area (Å²) in [6, 6.07) is 0.00354. The Morgan fingerprint density at radius 2 is 2.39 bits per heavy atom. The number of likely N-dealkylation sites (tertiary alicyclic amines) is 1. The Hall–Kier alpha value is -1.96. The molecule has 3 rings (SSSR count). The number of hydrogen-bond donors (Lipinski definition) is 1.